The molecule has 3 aromatic carbocycles. The number of halogens is 3. The standard InChI is InChI=1S/C20H11Br2FN2O2/c21-14-4-2-1-3-13(14)20-25-17-10-12(6-8-18(17)27-20)24-19(26)11-5-7-15(22)16(23)9-11/h1-10H,(H,24,26). The number of carbonyl (C=O) groups is 1. The summed E-state index contributed by atoms with van der Waals surface area (Å²) in [5.41, 5.74) is 2.83. The Balaban J connectivity index is 1.62. The lowest BCUT2D eigenvalue weighted by Gasteiger charge is -2.05. The van der Waals surface area contributed by atoms with E-state index in [-0.39, 0.29) is 5.56 Å². The van der Waals surface area contributed by atoms with E-state index >= 15 is 0 Å². The van der Waals surface area contributed by atoms with Crippen LogP contribution in [0.5, 0.6) is 0 Å². The molecular weight excluding hydrogens is 479 g/mol. The van der Waals surface area contributed by atoms with Crippen LogP contribution in [0.25, 0.3) is 22.6 Å². The van der Waals surface area contributed by atoms with Crippen molar-refractivity contribution in [2.45, 2.75) is 0 Å². The van der Waals surface area contributed by atoms with E-state index in [1.54, 1.807) is 24.3 Å². The first kappa shape index (κ1) is 17.9. The summed E-state index contributed by atoms with van der Waals surface area (Å²) in [6.07, 6.45) is 0. The first-order chi connectivity index (χ1) is 13.0. The van der Waals surface area contributed by atoms with E-state index in [9.17, 15) is 9.18 Å². The van der Waals surface area contributed by atoms with Gasteiger partial charge in [0.05, 0.1) is 10.0 Å². The van der Waals surface area contributed by atoms with Crippen LogP contribution in [0.3, 0.4) is 0 Å². The Hall–Kier alpha value is -2.51. The van der Waals surface area contributed by atoms with Crippen LogP contribution in [0.1, 0.15) is 10.4 Å². The molecular formula is C20H11Br2FN2O2. The van der Waals surface area contributed by atoms with Crippen LogP contribution in [0.2, 0.25) is 0 Å². The molecule has 1 aromatic heterocycles. The molecule has 1 heterocycles. The van der Waals surface area contributed by atoms with Gasteiger partial charge in [0, 0.05) is 15.7 Å². The van der Waals surface area contributed by atoms with Gasteiger partial charge in [0.2, 0.25) is 5.89 Å². The number of hydrogen-bond acceptors (Lipinski definition) is 3. The highest BCUT2D eigenvalue weighted by Gasteiger charge is 2.13. The number of aromatic nitrogens is 1. The van der Waals surface area contributed by atoms with Crippen molar-refractivity contribution in [1.82, 2.24) is 4.98 Å². The maximum atomic E-state index is 13.6. The maximum Gasteiger partial charge on any atom is 0.255 e. The van der Waals surface area contributed by atoms with Crippen molar-refractivity contribution in [1.29, 1.82) is 0 Å². The van der Waals surface area contributed by atoms with E-state index in [2.05, 4.69) is 42.2 Å². The summed E-state index contributed by atoms with van der Waals surface area (Å²) in [5, 5.41) is 2.75. The smallest absolute Gasteiger partial charge is 0.255 e. The van der Waals surface area contributed by atoms with Crippen molar-refractivity contribution in [3.05, 3.63) is 81.0 Å². The molecule has 0 atom stereocenters. The number of rotatable bonds is 3. The van der Waals surface area contributed by atoms with Crippen molar-refractivity contribution in [3.8, 4) is 11.5 Å². The van der Waals surface area contributed by atoms with Gasteiger partial charge in [-0.3, -0.25) is 4.79 Å². The maximum absolute atomic E-state index is 13.6. The summed E-state index contributed by atoms with van der Waals surface area (Å²) in [6, 6.07) is 17.0. The normalized spacial score (nSPS) is 10.9. The van der Waals surface area contributed by atoms with Crippen LogP contribution < -0.4 is 5.32 Å². The predicted molar refractivity (Wildman–Crippen MR) is 109 cm³/mol. The topological polar surface area (TPSA) is 55.1 Å². The molecule has 0 radical (unpaired) electrons. The highest BCUT2D eigenvalue weighted by molar-refractivity contribution is 9.10. The van der Waals surface area contributed by atoms with Gasteiger partial charge in [0.15, 0.2) is 5.58 Å². The van der Waals surface area contributed by atoms with Gasteiger partial charge in [-0.2, -0.15) is 0 Å². The quantitative estimate of drug-likeness (QED) is 0.361. The number of amides is 1. The number of nitrogens with one attached hydrogen (secondary N) is 1. The third kappa shape index (κ3) is 3.65. The molecule has 0 spiro atoms. The SMILES string of the molecule is O=C(Nc1ccc2oc(-c3ccccc3Br)nc2c1)c1ccc(Br)c(F)c1. The van der Waals surface area contributed by atoms with Crippen LogP contribution >= 0.6 is 31.9 Å². The Kier molecular flexibility index (Phi) is 4.80. The van der Waals surface area contributed by atoms with Crippen molar-refractivity contribution in [3.63, 3.8) is 0 Å². The van der Waals surface area contributed by atoms with Crippen molar-refractivity contribution in [2.75, 3.05) is 5.32 Å². The first-order valence-electron chi connectivity index (χ1n) is 7.93. The van der Waals surface area contributed by atoms with Gasteiger partial charge < -0.3 is 9.73 Å². The molecule has 4 nitrogen and oxygen atoms in total. The minimum absolute atomic E-state index is 0.227. The van der Waals surface area contributed by atoms with Crippen LogP contribution in [-0.4, -0.2) is 10.9 Å². The number of oxazole rings is 1. The number of hydrogen-bond donors (Lipinski definition) is 1. The monoisotopic (exact) mass is 488 g/mol. The largest absolute Gasteiger partial charge is 0.436 e. The van der Waals surface area contributed by atoms with E-state index in [0.29, 0.717) is 27.2 Å². The minimum atomic E-state index is -0.493. The number of benzene rings is 3. The second-order valence-electron chi connectivity index (χ2n) is 5.76. The number of anilines is 1. The fourth-order valence-corrected chi connectivity index (χ4v) is 3.30. The third-order valence-electron chi connectivity index (χ3n) is 3.93. The Morgan fingerprint density at radius 3 is 2.59 bits per heavy atom. The molecule has 0 bridgehead atoms. The average molecular weight is 490 g/mol. The van der Waals surface area contributed by atoms with E-state index in [4.69, 9.17) is 4.42 Å². The van der Waals surface area contributed by atoms with E-state index < -0.39 is 11.7 Å². The van der Waals surface area contributed by atoms with Crippen LogP contribution in [-0.2, 0) is 0 Å². The molecule has 4 rings (SSSR count). The van der Waals surface area contributed by atoms with E-state index in [1.807, 2.05) is 24.3 Å². The Morgan fingerprint density at radius 1 is 1.00 bits per heavy atom. The summed E-state index contributed by atoms with van der Waals surface area (Å²) < 4.78 is 20.6. The molecule has 0 unspecified atom stereocenters. The zero-order valence-electron chi connectivity index (χ0n) is 13.7. The first-order valence-corrected chi connectivity index (χ1v) is 9.52. The summed E-state index contributed by atoms with van der Waals surface area (Å²) in [6.45, 7) is 0. The lowest BCUT2D eigenvalue weighted by atomic mass is 10.2. The molecule has 0 aliphatic rings. The van der Waals surface area contributed by atoms with E-state index in [0.717, 1.165) is 10.0 Å². The van der Waals surface area contributed by atoms with Crippen molar-refractivity contribution in [2.24, 2.45) is 0 Å². The number of carbonyl (C=O) groups excluding carboxylic acids is 1. The van der Waals surface area contributed by atoms with Gasteiger partial charge in [0.25, 0.3) is 5.91 Å². The molecule has 27 heavy (non-hydrogen) atoms. The molecule has 7 heteroatoms. The second kappa shape index (κ2) is 7.25. The molecule has 4 aromatic rings. The Labute approximate surface area is 170 Å². The van der Waals surface area contributed by atoms with Gasteiger partial charge in [-0.1, -0.05) is 12.1 Å². The molecule has 1 N–H and O–H groups in total. The lowest BCUT2D eigenvalue weighted by molar-refractivity contribution is 0.102. The van der Waals surface area contributed by atoms with Gasteiger partial charge in [-0.15, -0.1) is 0 Å². The molecule has 134 valence electrons. The van der Waals surface area contributed by atoms with Gasteiger partial charge in [-0.25, -0.2) is 9.37 Å². The molecule has 0 saturated heterocycles. The Bertz CT molecular complexity index is 1170. The third-order valence-corrected chi connectivity index (χ3v) is 5.27. The minimum Gasteiger partial charge on any atom is -0.436 e. The summed E-state index contributed by atoms with van der Waals surface area (Å²) in [7, 11) is 0. The van der Waals surface area contributed by atoms with Crippen LogP contribution in [0.15, 0.2) is 74.0 Å². The fourth-order valence-electron chi connectivity index (χ4n) is 2.60. The number of fused-ring (bicyclic) bond motifs is 1. The zero-order chi connectivity index (χ0) is 19.0. The van der Waals surface area contributed by atoms with Gasteiger partial charge in [-0.05, 0) is 80.4 Å². The molecule has 0 fully saturated rings. The fraction of sp³-hybridized carbons (Fsp3) is 0. The van der Waals surface area contributed by atoms with Crippen molar-refractivity contribution < 1.29 is 13.6 Å². The highest BCUT2D eigenvalue weighted by atomic mass is 79.9. The highest BCUT2D eigenvalue weighted by Crippen LogP contribution is 2.31. The average Bonchev–Trinajstić information content (AvgIpc) is 3.07. The molecule has 0 aliphatic heterocycles. The summed E-state index contributed by atoms with van der Waals surface area (Å²) in [5.74, 6) is -0.418. The molecule has 0 saturated carbocycles. The van der Waals surface area contributed by atoms with E-state index in [1.165, 1.54) is 12.1 Å². The van der Waals surface area contributed by atoms with Crippen LogP contribution in [0.4, 0.5) is 10.1 Å². The van der Waals surface area contributed by atoms with Crippen molar-refractivity contribution >= 4 is 54.6 Å². The summed E-state index contributed by atoms with van der Waals surface area (Å²) in [4.78, 5) is 16.8. The molecule has 1 amide bonds. The molecule has 0 aliphatic carbocycles. The zero-order valence-corrected chi connectivity index (χ0v) is 16.8. The number of nitrogens with zero attached hydrogens (tertiary/aromatic N) is 1. The predicted octanol–water partition coefficient (Wildman–Crippen LogP) is 6.41. The van der Waals surface area contributed by atoms with Gasteiger partial charge in [0.1, 0.15) is 11.3 Å². The Morgan fingerprint density at radius 2 is 1.81 bits per heavy atom. The summed E-state index contributed by atoms with van der Waals surface area (Å²) >= 11 is 6.55. The lowest BCUT2D eigenvalue weighted by Crippen LogP contribution is -2.12. The second-order valence-corrected chi connectivity index (χ2v) is 7.47. The van der Waals surface area contributed by atoms with Gasteiger partial charge >= 0.3 is 0 Å². The van der Waals surface area contributed by atoms with Crippen LogP contribution in [0, 0.1) is 5.82 Å².